The van der Waals surface area contributed by atoms with E-state index in [0.29, 0.717) is 10.7 Å². The first-order chi connectivity index (χ1) is 11.9. The summed E-state index contributed by atoms with van der Waals surface area (Å²) in [6, 6.07) is 14.9. The Kier molecular flexibility index (Phi) is 4.84. The Balaban J connectivity index is 1.80. The molecule has 3 aromatic rings. The summed E-state index contributed by atoms with van der Waals surface area (Å²) in [7, 11) is 1.86. The highest BCUT2D eigenvalue weighted by Crippen LogP contribution is 2.23. The maximum absolute atomic E-state index is 12.7. The number of carbonyl (C=O) groups excluding carboxylic acids is 1. The minimum Gasteiger partial charge on any atom is -0.389 e. The molecule has 0 saturated carbocycles. The van der Waals surface area contributed by atoms with Crippen LogP contribution in [0.4, 0.5) is 0 Å². The number of amides is 1. The zero-order valence-corrected chi connectivity index (χ0v) is 15.2. The molecule has 1 heterocycles. The van der Waals surface area contributed by atoms with Gasteiger partial charge in [-0.05, 0) is 43.2 Å². The second-order valence-corrected chi connectivity index (χ2v) is 6.77. The van der Waals surface area contributed by atoms with E-state index in [2.05, 4.69) is 5.32 Å². The smallest absolute Gasteiger partial charge is 0.268 e. The third-order valence-electron chi connectivity index (χ3n) is 4.51. The molecule has 0 aliphatic carbocycles. The summed E-state index contributed by atoms with van der Waals surface area (Å²) in [5.41, 5.74) is 3.35. The average molecular weight is 357 g/mol. The van der Waals surface area contributed by atoms with Crippen molar-refractivity contribution in [2.24, 2.45) is 7.05 Å². The average Bonchev–Trinajstić information content (AvgIpc) is 2.91. The quantitative estimate of drug-likeness (QED) is 0.729. The molecule has 2 atom stereocenters. The van der Waals surface area contributed by atoms with Crippen LogP contribution in [0, 0.1) is 0 Å². The minimum atomic E-state index is -0.499. The number of carbonyl (C=O) groups is 1. The van der Waals surface area contributed by atoms with Gasteiger partial charge in [-0.25, -0.2) is 0 Å². The van der Waals surface area contributed by atoms with Crippen LogP contribution < -0.4 is 5.32 Å². The monoisotopic (exact) mass is 356 g/mol. The lowest BCUT2D eigenvalue weighted by atomic mass is 10.0. The molecule has 1 aromatic heterocycles. The molecule has 0 radical (unpaired) electrons. The van der Waals surface area contributed by atoms with Gasteiger partial charge in [-0.1, -0.05) is 41.9 Å². The van der Waals surface area contributed by atoms with Crippen LogP contribution in [-0.2, 0) is 7.05 Å². The standard InChI is InChI=1S/C20H21ClN2O2/c1-12(14-4-6-15(7-5-14)13(2)24)22-20(25)19-10-16-8-9-17(21)11-18(16)23(19)3/h4-13,24H,1-3H3,(H,22,25)/t12-,13?/m1/s1. The molecule has 0 fully saturated rings. The maximum atomic E-state index is 12.7. The van der Waals surface area contributed by atoms with E-state index in [4.69, 9.17) is 11.6 Å². The molecule has 0 aliphatic heterocycles. The number of aromatic nitrogens is 1. The molecule has 1 unspecified atom stereocenters. The molecule has 130 valence electrons. The number of nitrogens with one attached hydrogen (secondary N) is 1. The lowest BCUT2D eigenvalue weighted by Crippen LogP contribution is -2.28. The van der Waals surface area contributed by atoms with Crippen LogP contribution in [0.25, 0.3) is 10.9 Å². The summed E-state index contributed by atoms with van der Waals surface area (Å²) in [5.74, 6) is -0.137. The molecule has 4 nitrogen and oxygen atoms in total. The van der Waals surface area contributed by atoms with E-state index in [9.17, 15) is 9.90 Å². The first-order valence-electron chi connectivity index (χ1n) is 8.20. The van der Waals surface area contributed by atoms with Crippen molar-refractivity contribution in [3.8, 4) is 0 Å². The molecule has 3 rings (SSSR count). The molecule has 1 amide bonds. The second kappa shape index (κ2) is 6.90. The molecule has 2 N–H and O–H groups in total. The Morgan fingerprint density at radius 3 is 2.36 bits per heavy atom. The van der Waals surface area contributed by atoms with Crippen molar-refractivity contribution in [1.29, 1.82) is 0 Å². The SMILES string of the molecule is CC(O)c1ccc([C@@H](C)NC(=O)c2cc3ccc(Cl)cc3n2C)cc1. The zero-order valence-electron chi connectivity index (χ0n) is 14.5. The van der Waals surface area contributed by atoms with Crippen molar-refractivity contribution in [2.75, 3.05) is 0 Å². The zero-order chi connectivity index (χ0) is 18.1. The Morgan fingerprint density at radius 2 is 1.72 bits per heavy atom. The van der Waals surface area contributed by atoms with E-state index >= 15 is 0 Å². The van der Waals surface area contributed by atoms with Gasteiger partial charge in [-0.15, -0.1) is 0 Å². The number of aryl methyl sites for hydroxylation is 1. The third-order valence-corrected chi connectivity index (χ3v) is 4.74. The van der Waals surface area contributed by atoms with E-state index in [1.165, 1.54) is 0 Å². The van der Waals surface area contributed by atoms with Crippen LogP contribution in [0.5, 0.6) is 0 Å². The van der Waals surface area contributed by atoms with Gasteiger partial charge in [0, 0.05) is 23.0 Å². The van der Waals surface area contributed by atoms with Gasteiger partial charge in [0.05, 0.1) is 12.1 Å². The van der Waals surface area contributed by atoms with E-state index in [0.717, 1.165) is 22.0 Å². The van der Waals surface area contributed by atoms with Gasteiger partial charge in [0.25, 0.3) is 5.91 Å². The number of halogens is 1. The number of benzene rings is 2. The molecular weight excluding hydrogens is 336 g/mol. The predicted octanol–water partition coefficient (Wildman–Crippen LogP) is 4.38. The summed E-state index contributed by atoms with van der Waals surface area (Å²) in [5, 5.41) is 14.2. The predicted molar refractivity (Wildman–Crippen MR) is 101 cm³/mol. The van der Waals surface area contributed by atoms with Crippen molar-refractivity contribution in [3.05, 3.63) is 70.4 Å². The summed E-state index contributed by atoms with van der Waals surface area (Å²) in [4.78, 5) is 12.7. The highest BCUT2D eigenvalue weighted by molar-refractivity contribution is 6.31. The molecule has 0 spiro atoms. The summed E-state index contributed by atoms with van der Waals surface area (Å²) in [6.45, 7) is 3.67. The van der Waals surface area contributed by atoms with E-state index in [-0.39, 0.29) is 11.9 Å². The van der Waals surface area contributed by atoms with E-state index < -0.39 is 6.10 Å². The van der Waals surface area contributed by atoms with Gasteiger partial charge in [-0.2, -0.15) is 0 Å². The maximum Gasteiger partial charge on any atom is 0.268 e. The summed E-state index contributed by atoms with van der Waals surface area (Å²) in [6.07, 6.45) is -0.499. The molecule has 2 aromatic carbocycles. The first kappa shape index (κ1) is 17.5. The molecular formula is C20H21ClN2O2. The van der Waals surface area contributed by atoms with Gasteiger partial charge in [-0.3, -0.25) is 4.79 Å². The second-order valence-electron chi connectivity index (χ2n) is 6.33. The number of aliphatic hydroxyl groups is 1. The fourth-order valence-electron chi connectivity index (χ4n) is 2.94. The van der Waals surface area contributed by atoms with Gasteiger partial charge >= 0.3 is 0 Å². The number of fused-ring (bicyclic) bond motifs is 1. The highest BCUT2D eigenvalue weighted by Gasteiger charge is 2.16. The number of rotatable bonds is 4. The van der Waals surface area contributed by atoms with Gasteiger partial charge in [0.2, 0.25) is 0 Å². The van der Waals surface area contributed by atoms with Gasteiger partial charge in [0.1, 0.15) is 5.69 Å². The number of hydrogen-bond donors (Lipinski definition) is 2. The van der Waals surface area contributed by atoms with Crippen molar-refractivity contribution in [3.63, 3.8) is 0 Å². The number of aliphatic hydroxyl groups excluding tert-OH is 1. The van der Waals surface area contributed by atoms with Crippen LogP contribution in [0.1, 0.15) is 47.6 Å². The number of hydrogen-bond acceptors (Lipinski definition) is 2. The highest BCUT2D eigenvalue weighted by atomic mass is 35.5. The molecule has 0 saturated heterocycles. The van der Waals surface area contributed by atoms with Crippen LogP contribution in [-0.4, -0.2) is 15.6 Å². The molecule has 5 heteroatoms. The van der Waals surface area contributed by atoms with Crippen molar-refractivity contribution >= 4 is 28.4 Å². The largest absolute Gasteiger partial charge is 0.389 e. The van der Waals surface area contributed by atoms with Crippen molar-refractivity contribution < 1.29 is 9.90 Å². The van der Waals surface area contributed by atoms with Crippen LogP contribution in [0.3, 0.4) is 0 Å². The fraction of sp³-hybridized carbons (Fsp3) is 0.250. The topological polar surface area (TPSA) is 54.3 Å². The van der Waals surface area contributed by atoms with Crippen molar-refractivity contribution in [1.82, 2.24) is 9.88 Å². The van der Waals surface area contributed by atoms with Crippen LogP contribution >= 0.6 is 11.6 Å². The van der Waals surface area contributed by atoms with Gasteiger partial charge in [0.15, 0.2) is 0 Å². The van der Waals surface area contributed by atoms with Gasteiger partial charge < -0.3 is 15.0 Å². The molecule has 25 heavy (non-hydrogen) atoms. The Labute approximate surface area is 152 Å². The fourth-order valence-corrected chi connectivity index (χ4v) is 3.10. The molecule has 0 aliphatic rings. The Hall–Kier alpha value is -2.30. The van der Waals surface area contributed by atoms with Crippen molar-refractivity contribution in [2.45, 2.75) is 26.0 Å². The molecule has 0 bridgehead atoms. The number of nitrogens with zero attached hydrogens (tertiary/aromatic N) is 1. The third kappa shape index (κ3) is 3.55. The lowest BCUT2D eigenvalue weighted by molar-refractivity contribution is 0.0932. The lowest BCUT2D eigenvalue weighted by Gasteiger charge is -2.16. The summed E-state index contributed by atoms with van der Waals surface area (Å²) >= 11 is 6.05. The Bertz CT molecular complexity index is 913. The first-order valence-corrected chi connectivity index (χ1v) is 8.58. The Morgan fingerprint density at radius 1 is 1.08 bits per heavy atom. The summed E-state index contributed by atoms with van der Waals surface area (Å²) < 4.78 is 1.85. The van der Waals surface area contributed by atoms with Crippen LogP contribution in [0.2, 0.25) is 5.02 Å². The van der Waals surface area contributed by atoms with Crippen LogP contribution in [0.15, 0.2) is 48.5 Å². The van der Waals surface area contributed by atoms with E-state index in [1.807, 2.05) is 67.1 Å². The minimum absolute atomic E-state index is 0.137. The normalized spacial score (nSPS) is 13.6. The van der Waals surface area contributed by atoms with E-state index in [1.54, 1.807) is 6.92 Å².